The van der Waals surface area contributed by atoms with Crippen molar-refractivity contribution in [3.05, 3.63) is 24.3 Å². The molecule has 0 fully saturated rings. The highest BCUT2D eigenvalue weighted by atomic mass is 14.7. The summed E-state index contributed by atoms with van der Waals surface area (Å²) < 4.78 is 0. The fraction of sp³-hybridized carbons (Fsp3) is 0.333. The highest BCUT2D eigenvalue weighted by Crippen LogP contribution is 1.79. The third kappa shape index (κ3) is 8.82. The molecule has 0 amide bonds. The van der Waals surface area contributed by atoms with Gasteiger partial charge in [-0.3, -0.25) is 9.98 Å². The molecule has 2 heteroatoms. The summed E-state index contributed by atoms with van der Waals surface area (Å²) >= 11 is 0. The molecule has 0 spiro atoms. The average molecular weight is 150 g/mol. The molecular formula is C9H14N2. The van der Waals surface area contributed by atoms with Gasteiger partial charge in [0.1, 0.15) is 0 Å². The van der Waals surface area contributed by atoms with Crippen molar-refractivity contribution in [1.29, 1.82) is 0 Å². The lowest BCUT2D eigenvalue weighted by Gasteiger charge is -1.79. The molecule has 0 aromatic carbocycles. The topological polar surface area (TPSA) is 24.7 Å². The number of aliphatic imine (C=N–C) groups is 2. The van der Waals surface area contributed by atoms with E-state index in [9.17, 15) is 0 Å². The SMILES string of the molecule is C=NC/C=C\C=C/C/N=C\C. The van der Waals surface area contributed by atoms with Crippen LogP contribution in [0.4, 0.5) is 0 Å². The van der Waals surface area contributed by atoms with E-state index in [-0.39, 0.29) is 0 Å². The van der Waals surface area contributed by atoms with E-state index in [1.165, 1.54) is 0 Å². The molecule has 0 saturated heterocycles. The summed E-state index contributed by atoms with van der Waals surface area (Å²) in [6.45, 7) is 6.70. The Balaban J connectivity index is 3.35. The van der Waals surface area contributed by atoms with Gasteiger partial charge in [0.05, 0.1) is 13.1 Å². The molecule has 0 rings (SSSR count). The van der Waals surface area contributed by atoms with Crippen LogP contribution in [-0.2, 0) is 0 Å². The van der Waals surface area contributed by atoms with Gasteiger partial charge < -0.3 is 0 Å². The van der Waals surface area contributed by atoms with Crippen molar-refractivity contribution in [1.82, 2.24) is 0 Å². The Morgan fingerprint density at radius 1 is 1.18 bits per heavy atom. The Labute approximate surface area is 68.1 Å². The lowest BCUT2D eigenvalue weighted by atomic mass is 10.4. The molecule has 0 heterocycles. The van der Waals surface area contributed by atoms with Crippen LogP contribution in [0.25, 0.3) is 0 Å². The molecular weight excluding hydrogens is 136 g/mol. The number of rotatable bonds is 5. The fourth-order valence-corrected chi connectivity index (χ4v) is 0.520. The normalized spacial score (nSPS) is 12.1. The van der Waals surface area contributed by atoms with Gasteiger partial charge in [0.25, 0.3) is 0 Å². The summed E-state index contributed by atoms with van der Waals surface area (Å²) in [5.74, 6) is 0. The van der Waals surface area contributed by atoms with Crippen molar-refractivity contribution in [2.75, 3.05) is 13.1 Å². The van der Waals surface area contributed by atoms with Crippen molar-refractivity contribution >= 4 is 12.9 Å². The summed E-state index contributed by atoms with van der Waals surface area (Å²) in [7, 11) is 0. The van der Waals surface area contributed by atoms with E-state index in [1.807, 2.05) is 31.2 Å². The number of nitrogens with zero attached hydrogens (tertiary/aromatic N) is 2. The van der Waals surface area contributed by atoms with Crippen LogP contribution >= 0.6 is 0 Å². The van der Waals surface area contributed by atoms with Crippen LogP contribution < -0.4 is 0 Å². The van der Waals surface area contributed by atoms with Crippen molar-refractivity contribution in [2.45, 2.75) is 6.92 Å². The molecule has 11 heavy (non-hydrogen) atoms. The first kappa shape index (κ1) is 9.82. The van der Waals surface area contributed by atoms with Crippen LogP contribution in [-0.4, -0.2) is 26.0 Å². The number of hydrogen-bond acceptors (Lipinski definition) is 2. The Morgan fingerprint density at radius 2 is 1.82 bits per heavy atom. The van der Waals surface area contributed by atoms with Crippen molar-refractivity contribution in [3.63, 3.8) is 0 Å². The monoisotopic (exact) mass is 150 g/mol. The maximum Gasteiger partial charge on any atom is 0.0569 e. The second-order valence-electron chi connectivity index (χ2n) is 1.89. The smallest absolute Gasteiger partial charge is 0.0569 e. The number of hydrogen-bond donors (Lipinski definition) is 0. The zero-order chi connectivity index (χ0) is 8.36. The van der Waals surface area contributed by atoms with Gasteiger partial charge in [0.15, 0.2) is 0 Å². The highest BCUT2D eigenvalue weighted by Gasteiger charge is 1.67. The van der Waals surface area contributed by atoms with Crippen LogP contribution in [0.5, 0.6) is 0 Å². The Hall–Kier alpha value is -1.18. The summed E-state index contributed by atoms with van der Waals surface area (Å²) in [5, 5.41) is 0. The predicted octanol–water partition coefficient (Wildman–Crippen LogP) is 1.89. The summed E-state index contributed by atoms with van der Waals surface area (Å²) in [4.78, 5) is 7.68. The van der Waals surface area contributed by atoms with E-state index < -0.39 is 0 Å². The van der Waals surface area contributed by atoms with Crippen LogP contribution in [0.2, 0.25) is 0 Å². The summed E-state index contributed by atoms with van der Waals surface area (Å²) in [5.41, 5.74) is 0. The zero-order valence-electron chi connectivity index (χ0n) is 6.90. The van der Waals surface area contributed by atoms with Crippen molar-refractivity contribution < 1.29 is 0 Å². The van der Waals surface area contributed by atoms with E-state index in [1.54, 1.807) is 6.21 Å². The van der Waals surface area contributed by atoms with E-state index in [2.05, 4.69) is 16.7 Å². The predicted molar refractivity (Wildman–Crippen MR) is 51.7 cm³/mol. The molecule has 0 N–H and O–H groups in total. The van der Waals surface area contributed by atoms with Crippen LogP contribution in [0.1, 0.15) is 6.92 Å². The first-order valence-corrected chi connectivity index (χ1v) is 3.60. The van der Waals surface area contributed by atoms with E-state index >= 15 is 0 Å². The molecule has 0 radical (unpaired) electrons. The molecule has 0 aliphatic carbocycles. The second kappa shape index (κ2) is 8.82. The van der Waals surface area contributed by atoms with Gasteiger partial charge >= 0.3 is 0 Å². The molecule has 0 saturated carbocycles. The van der Waals surface area contributed by atoms with Crippen LogP contribution in [0.3, 0.4) is 0 Å². The van der Waals surface area contributed by atoms with Crippen LogP contribution in [0.15, 0.2) is 34.3 Å². The van der Waals surface area contributed by atoms with Gasteiger partial charge in [-0.2, -0.15) is 0 Å². The van der Waals surface area contributed by atoms with Crippen molar-refractivity contribution in [2.24, 2.45) is 9.98 Å². The summed E-state index contributed by atoms with van der Waals surface area (Å²) in [6.07, 6.45) is 9.62. The van der Waals surface area contributed by atoms with Gasteiger partial charge in [-0.25, -0.2) is 0 Å². The molecule has 2 nitrogen and oxygen atoms in total. The molecule has 0 aliphatic heterocycles. The molecule has 0 aromatic heterocycles. The first-order valence-electron chi connectivity index (χ1n) is 3.60. The van der Waals surface area contributed by atoms with Crippen molar-refractivity contribution in [3.8, 4) is 0 Å². The fourth-order valence-electron chi connectivity index (χ4n) is 0.520. The minimum absolute atomic E-state index is 0.682. The van der Waals surface area contributed by atoms with Gasteiger partial charge in [0, 0.05) is 0 Å². The minimum atomic E-state index is 0.682. The van der Waals surface area contributed by atoms with Gasteiger partial charge in [-0.1, -0.05) is 24.3 Å². The molecule has 0 atom stereocenters. The summed E-state index contributed by atoms with van der Waals surface area (Å²) in [6, 6.07) is 0. The van der Waals surface area contributed by atoms with E-state index in [0.29, 0.717) is 6.54 Å². The van der Waals surface area contributed by atoms with Gasteiger partial charge in [-0.15, -0.1) is 0 Å². The molecule has 0 unspecified atom stereocenters. The molecule has 0 aliphatic rings. The lowest BCUT2D eigenvalue weighted by Crippen LogP contribution is -1.70. The first-order chi connectivity index (χ1) is 5.41. The third-order valence-electron chi connectivity index (χ3n) is 1.01. The number of allylic oxidation sites excluding steroid dienone is 2. The maximum atomic E-state index is 4.01. The maximum absolute atomic E-state index is 4.01. The standard InChI is InChI=1S/C9H14N2/c1-3-11-9-7-5-4-6-8-10-2/h3-7H,2,8-9H2,1H3/b6-4-,7-5-,11-3-. The Morgan fingerprint density at radius 3 is 2.36 bits per heavy atom. The minimum Gasteiger partial charge on any atom is -0.297 e. The highest BCUT2D eigenvalue weighted by molar-refractivity contribution is 5.53. The van der Waals surface area contributed by atoms with E-state index in [4.69, 9.17) is 0 Å². The lowest BCUT2D eigenvalue weighted by molar-refractivity contribution is 1.25. The second-order valence-corrected chi connectivity index (χ2v) is 1.89. The Kier molecular flexibility index (Phi) is 7.87. The van der Waals surface area contributed by atoms with E-state index in [0.717, 1.165) is 6.54 Å². The zero-order valence-corrected chi connectivity index (χ0v) is 6.90. The quantitative estimate of drug-likeness (QED) is 0.422. The van der Waals surface area contributed by atoms with Crippen LogP contribution in [0, 0.1) is 0 Å². The molecule has 60 valence electrons. The Bertz CT molecular complexity index is 166. The largest absolute Gasteiger partial charge is 0.297 e. The van der Waals surface area contributed by atoms with Gasteiger partial charge in [0.2, 0.25) is 0 Å². The average Bonchev–Trinajstić information content (AvgIpc) is 2.03. The third-order valence-corrected chi connectivity index (χ3v) is 1.01. The van der Waals surface area contributed by atoms with Gasteiger partial charge in [-0.05, 0) is 19.9 Å². The molecule has 0 aromatic rings. The molecule has 0 bridgehead atoms.